The van der Waals surface area contributed by atoms with Crippen molar-refractivity contribution in [1.29, 1.82) is 0 Å². The van der Waals surface area contributed by atoms with Crippen molar-refractivity contribution in [3.8, 4) is 0 Å². The van der Waals surface area contributed by atoms with E-state index in [0.29, 0.717) is 25.8 Å². The fourth-order valence-corrected chi connectivity index (χ4v) is 8.18. The Kier molecular flexibility index (Phi) is 13.5. The number of aryl methyl sites for hydroxylation is 1. The second kappa shape index (κ2) is 16.8. The molecule has 1 aromatic rings. The van der Waals surface area contributed by atoms with Crippen molar-refractivity contribution in [1.82, 2.24) is 15.5 Å². The molecule has 4 rings (SSSR count). The van der Waals surface area contributed by atoms with Crippen LogP contribution in [0.25, 0.3) is 0 Å². The number of carbonyl (C=O) groups is 3. The summed E-state index contributed by atoms with van der Waals surface area (Å²) in [5.74, 6) is -3.07. The van der Waals surface area contributed by atoms with Gasteiger partial charge in [0.25, 0.3) is 0 Å². The van der Waals surface area contributed by atoms with E-state index in [9.17, 15) is 19.5 Å². The Hall–Kier alpha value is -2.61. The molecule has 0 aliphatic carbocycles. The van der Waals surface area contributed by atoms with Crippen molar-refractivity contribution in [2.75, 3.05) is 27.7 Å². The molecule has 3 aliphatic rings. The summed E-state index contributed by atoms with van der Waals surface area (Å²) < 4.78 is 31.3. The first-order chi connectivity index (χ1) is 23.5. The molecule has 0 aromatic heterocycles. The number of hydrogen-bond acceptors (Lipinski definition) is 11. The molecule has 0 saturated carbocycles. The minimum atomic E-state index is -1.16. The third-order valence-corrected chi connectivity index (χ3v) is 11.3. The van der Waals surface area contributed by atoms with Crippen LogP contribution < -0.4 is 10.6 Å². The number of nitrogens with zero attached hydrogens (tertiary/aromatic N) is 1. The molecule has 3 fully saturated rings. The highest BCUT2D eigenvalue weighted by molar-refractivity contribution is 6.00. The third-order valence-electron chi connectivity index (χ3n) is 11.3. The number of hydrogen-bond donors (Lipinski definition) is 3. The molecule has 3 saturated heterocycles. The molecule has 0 spiro atoms. The predicted molar refractivity (Wildman–Crippen MR) is 188 cm³/mol. The SMILES string of the molecule is CC[C@H]1OC(=O)C(C)C(=O)[C@H](C)[C@@H](O[C@@H]2O[C@H](CCc3ccccc3)C[C@H](N(C)C)[C@H]2O)[C@](C)(OC)C[C@@H](C)CN[C@H](C)[C@H]2NC(=O)O[C@@]21C. The summed E-state index contributed by atoms with van der Waals surface area (Å²) in [6.07, 6.45) is -1.52. The standard InChI is InChI=1S/C38H61N3O9/c1-11-29-38(7)32(40-36(45)50-38)25(5)39-21-22(2)20-37(6,46-10)33(23(3)30(42)24(4)34(44)48-29)49-35-31(43)28(41(8)9)19-27(47-35)18-17-26-15-13-12-14-16-26/h12-16,22-25,27-29,31-33,35,39,43H,11,17-21H2,1-10H3,(H,40,45)/t22-,23+,24?,25-,27-,28+,29-,31-,32-,33-,35+,37-,38-/m1/s1. The van der Waals surface area contributed by atoms with Crippen LogP contribution >= 0.6 is 0 Å². The lowest BCUT2D eigenvalue weighted by Gasteiger charge is -2.47. The first-order valence-electron chi connectivity index (χ1n) is 18.3. The van der Waals surface area contributed by atoms with Crippen molar-refractivity contribution in [3.63, 3.8) is 0 Å². The number of aliphatic hydroxyl groups is 1. The van der Waals surface area contributed by atoms with Crippen molar-refractivity contribution in [2.24, 2.45) is 17.8 Å². The van der Waals surface area contributed by atoms with E-state index in [4.69, 9.17) is 23.7 Å². The number of fused-ring (bicyclic) bond motifs is 1. The van der Waals surface area contributed by atoms with Gasteiger partial charge in [0.1, 0.15) is 18.1 Å². The second-order valence-corrected chi connectivity index (χ2v) is 15.4. The summed E-state index contributed by atoms with van der Waals surface area (Å²) in [4.78, 5) is 42.5. The first-order valence-corrected chi connectivity index (χ1v) is 18.3. The van der Waals surface area contributed by atoms with E-state index in [1.54, 1.807) is 21.0 Å². The third kappa shape index (κ3) is 8.87. The number of aliphatic hydroxyl groups excluding tert-OH is 1. The van der Waals surface area contributed by atoms with Crippen molar-refractivity contribution in [2.45, 2.75) is 141 Å². The maximum atomic E-state index is 14.3. The van der Waals surface area contributed by atoms with Gasteiger partial charge in [0.2, 0.25) is 0 Å². The van der Waals surface area contributed by atoms with E-state index in [1.807, 2.05) is 58.0 Å². The van der Waals surface area contributed by atoms with Gasteiger partial charge in [-0.25, -0.2) is 4.79 Å². The van der Waals surface area contributed by atoms with Gasteiger partial charge < -0.3 is 44.3 Å². The van der Waals surface area contributed by atoms with Gasteiger partial charge in [0.05, 0.1) is 23.9 Å². The number of methoxy groups -OCH3 is 1. The minimum absolute atomic E-state index is 0.0211. The number of rotatable bonds is 8. The van der Waals surface area contributed by atoms with Crippen molar-refractivity contribution < 1.29 is 43.2 Å². The number of carbonyl (C=O) groups excluding carboxylic acids is 3. The molecule has 3 N–H and O–H groups in total. The lowest BCUT2D eigenvalue weighted by Crippen LogP contribution is -2.60. The van der Waals surface area contributed by atoms with Gasteiger partial charge in [0.15, 0.2) is 17.7 Å². The average Bonchev–Trinajstić information content (AvgIpc) is 3.41. The number of benzene rings is 1. The summed E-state index contributed by atoms with van der Waals surface area (Å²) in [6, 6.07) is 9.21. The van der Waals surface area contributed by atoms with Gasteiger partial charge >= 0.3 is 12.1 Å². The molecule has 12 nitrogen and oxygen atoms in total. The smallest absolute Gasteiger partial charge is 0.408 e. The first kappa shape index (κ1) is 40.2. The van der Waals surface area contributed by atoms with Crippen molar-refractivity contribution in [3.05, 3.63) is 35.9 Å². The van der Waals surface area contributed by atoms with Crippen LogP contribution in [0.4, 0.5) is 4.79 Å². The Labute approximate surface area is 298 Å². The van der Waals surface area contributed by atoms with Crippen LogP contribution in [0.15, 0.2) is 30.3 Å². The minimum Gasteiger partial charge on any atom is -0.458 e. The van der Waals surface area contributed by atoms with E-state index < -0.39 is 65.7 Å². The van der Waals surface area contributed by atoms with Crippen LogP contribution in [0.5, 0.6) is 0 Å². The molecule has 12 heteroatoms. The monoisotopic (exact) mass is 703 g/mol. The molecule has 1 unspecified atom stereocenters. The van der Waals surface area contributed by atoms with Crippen LogP contribution in [-0.4, -0.2) is 116 Å². The topological polar surface area (TPSA) is 145 Å². The van der Waals surface area contributed by atoms with Crippen LogP contribution in [0.2, 0.25) is 0 Å². The zero-order valence-electron chi connectivity index (χ0n) is 31.6. The number of likely N-dealkylation sites (N-methyl/N-ethyl adjacent to an activating group) is 1. The number of amides is 1. The predicted octanol–water partition coefficient (Wildman–Crippen LogP) is 3.86. The van der Waals surface area contributed by atoms with E-state index in [1.165, 1.54) is 12.5 Å². The molecule has 1 aromatic carbocycles. The van der Waals surface area contributed by atoms with Gasteiger partial charge in [-0.1, -0.05) is 51.1 Å². The lowest BCUT2D eigenvalue weighted by atomic mass is 9.78. The molecule has 0 radical (unpaired) electrons. The summed E-state index contributed by atoms with van der Waals surface area (Å²) >= 11 is 0. The highest BCUT2D eigenvalue weighted by Gasteiger charge is 2.55. The molecule has 50 heavy (non-hydrogen) atoms. The number of ketones is 1. The highest BCUT2D eigenvalue weighted by Crippen LogP contribution is 2.38. The molecule has 3 heterocycles. The number of cyclic esters (lactones) is 1. The van der Waals surface area contributed by atoms with E-state index >= 15 is 0 Å². The van der Waals surface area contributed by atoms with Crippen LogP contribution in [0.3, 0.4) is 0 Å². The fraction of sp³-hybridized carbons (Fsp3) is 0.763. The van der Waals surface area contributed by atoms with E-state index in [2.05, 4.69) is 29.7 Å². The second-order valence-electron chi connectivity index (χ2n) is 15.4. The Balaban J connectivity index is 1.67. The summed E-state index contributed by atoms with van der Waals surface area (Å²) in [7, 11) is 5.45. The highest BCUT2D eigenvalue weighted by atomic mass is 16.7. The number of ether oxygens (including phenoxy) is 5. The average molecular weight is 704 g/mol. The quantitative estimate of drug-likeness (QED) is 0.268. The largest absolute Gasteiger partial charge is 0.458 e. The Morgan fingerprint density at radius 2 is 1.74 bits per heavy atom. The molecule has 1 amide bonds. The fourth-order valence-electron chi connectivity index (χ4n) is 8.18. The normalized spacial score (nSPS) is 40.6. The van der Waals surface area contributed by atoms with E-state index in [-0.39, 0.29) is 29.9 Å². The summed E-state index contributed by atoms with van der Waals surface area (Å²) in [5, 5.41) is 18.1. The maximum Gasteiger partial charge on any atom is 0.408 e. The van der Waals surface area contributed by atoms with Gasteiger partial charge in [-0.2, -0.15) is 0 Å². The van der Waals surface area contributed by atoms with E-state index in [0.717, 1.165) is 12.8 Å². The van der Waals surface area contributed by atoms with Crippen LogP contribution in [-0.2, 0) is 39.7 Å². The summed E-state index contributed by atoms with van der Waals surface area (Å²) in [5.41, 5.74) is -0.988. The molecule has 282 valence electrons. The van der Waals surface area contributed by atoms with Crippen LogP contribution in [0, 0.1) is 17.8 Å². The summed E-state index contributed by atoms with van der Waals surface area (Å²) in [6.45, 7) is 13.4. The Bertz CT molecular complexity index is 1300. The Morgan fingerprint density at radius 3 is 2.36 bits per heavy atom. The molecular formula is C38H61N3O9. The number of nitrogens with one attached hydrogen (secondary N) is 2. The van der Waals surface area contributed by atoms with Crippen molar-refractivity contribution >= 4 is 17.8 Å². The maximum absolute atomic E-state index is 14.3. The van der Waals surface area contributed by atoms with Gasteiger partial charge in [-0.3, -0.25) is 9.59 Å². The lowest BCUT2D eigenvalue weighted by molar-refractivity contribution is -0.298. The molecular weight excluding hydrogens is 642 g/mol. The number of alkyl carbamates (subject to hydrolysis) is 1. The number of Topliss-reactive ketones (excluding diaryl/α,β-unsaturated/α-hetero) is 1. The Morgan fingerprint density at radius 1 is 1.06 bits per heavy atom. The van der Waals surface area contributed by atoms with Crippen LogP contribution in [0.1, 0.15) is 79.7 Å². The zero-order valence-corrected chi connectivity index (χ0v) is 31.6. The van der Waals surface area contributed by atoms with Gasteiger partial charge in [-0.05, 0) is 91.9 Å². The molecule has 0 bridgehead atoms. The molecule has 13 atom stereocenters. The van der Waals surface area contributed by atoms with Gasteiger partial charge in [0, 0.05) is 25.1 Å². The molecule has 3 aliphatic heterocycles. The zero-order chi connectivity index (χ0) is 37.0. The number of esters is 1. The van der Waals surface area contributed by atoms with Gasteiger partial charge in [-0.15, -0.1) is 0 Å².